The quantitative estimate of drug-likeness (QED) is 0.643. The fourth-order valence-corrected chi connectivity index (χ4v) is 1.84. The Balaban J connectivity index is 0.000000174. The summed E-state index contributed by atoms with van der Waals surface area (Å²) in [5.41, 5.74) is 12.7. The van der Waals surface area contributed by atoms with E-state index in [0.717, 1.165) is 5.56 Å². The molecule has 0 aliphatic carbocycles. The lowest BCUT2D eigenvalue weighted by molar-refractivity contribution is -0.118. The highest BCUT2D eigenvalue weighted by atomic mass is 16.5. The fraction of sp³-hybridized carbons (Fsp3) is 0.133. The molecule has 1 aromatic carbocycles. The lowest BCUT2D eigenvalue weighted by atomic mass is 10.1. The van der Waals surface area contributed by atoms with E-state index < -0.39 is 5.97 Å². The number of rotatable bonds is 2. The maximum Gasteiger partial charge on any atom is 0.339 e. The third-order valence-electron chi connectivity index (χ3n) is 3.00. The lowest BCUT2D eigenvalue weighted by Gasteiger charge is -2.18. The molecule has 3 rings (SSSR count). The van der Waals surface area contributed by atoms with Crippen molar-refractivity contribution >= 4 is 23.3 Å². The average Bonchev–Trinajstić information content (AvgIpc) is 2.55. The van der Waals surface area contributed by atoms with Crippen LogP contribution in [0, 0.1) is 0 Å². The Labute approximate surface area is 132 Å². The number of aromatic carboxylic acids is 1. The van der Waals surface area contributed by atoms with Crippen LogP contribution in [0.3, 0.4) is 0 Å². The highest BCUT2D eigenvalue weighted by molar-refractivity contribution is 5.95. The Morgan fingerprint density at radius 2 is 2.17 bits per heavy atom. The molecule has 1 aliphatic rings. The number of hydrogen-bond acceptors (Lipinski definition) is 6. The second-order valence-electron chi connectivity index (χ2n) is 4.64. The molecule has 0 bridgehead atoms. The molecule has 0 saturated heterocycles. The van der Waals surface area contributed by atoms with Gasteiger partial charge < -0.3 is 26.6 Å². The predicted octanol–water partition coefficient (Wildman–Crippen LogP) is 0.838. The Bertz CT molecular complexity index is 733. The first kappa shape index (κ1) is 16.2. The number of anilines is 2. The van der Waals surface area contributed by atoms with Crippen LogP contribution in [-0.4, -0.2) is 28.6 Å². The molecule has 0 atom stereocenters. The zero-order chi connectivity index (χ0) is 16.8. The van der Waals surface area contributed by atoms with Gasteiger partial charge in [0.2, 0.25) is 0 Å². The van der Waals surface area contributed by atoms with Crippen molar-refractivity contribution in [1.29, 1.82) is 0 Å². The van der Waals surface area contributed by atoms with Crippen LogP contribution in [0.4, 0.5) is 11.4 Å². The number of fused-ring (bicyclic) bond motifs is 1. The summed E-state index contributed by atoms with van der Waals surface area (Å²) in [6, 6.07) is 6.98. The number of aromatic nitrogens is 1. The molecule has 0 radical (unpaired) electrons. The normalized spacial score (nSPS) is 12.1. The number of benzene rings is 1. The first-order chi connectivity index (χ1) is 11.0. The van der Waals surface area contributed by atoms with E-state index in [9.17, 15) is 9.59 Å². The molecule has 8 heteroatoms. The standard InChI is InChI=1S/C9H10N2O2.C6H6N2O2/c10-4-6-1-2-8-7(3-6)11-9(12)5-13-8;7-5-1-2-8-3-4(5)6(9)10/h1-3H,4-5,10H2,(H,11,12);1-3H,(H2,7,8)(H,9,10). The number of pyridine rings is 1. The number of carbonyl (C=O) groups excluding carboxylic acids is 1. The third-order valence-corrected chi connectivity index (χ3v) is 3.00. The first-order valence-electron chi connectivity index (χ1n) is 6.69. The molecule has 0 spiro atoms. The van der Waals surface area contributed by atoms with Crippen molar-refractivity contribution in [1.82, 2.24) is 4.98 Å². The average molecular weight is 316 g/mol. The molecule has 23 heavy (non-hydrogen) atoms. The number of amides is 1. The number of carbonyl (C=O) groups is 2. The van der Waals surface area contributed by atoms with Gasteiger partial charge in [-0.1, -0.05) is 6.07 Å². The Hall–Kier alpha value is -3.13. The summed E-state index contributed by atoms with van der Waals surface area (Å²) >= 11 is 0. The lowest BCUT2D eigenvalue weighted by Crippen LogP contribution is -2.25. The van der Waals surface area contributed by atoms with Crippen LogP contribution in [0.5, 0.6) is 5.75 Å². The Morgan fingerprint density at radius 3 is 2.78 bits per heavy atom. The van der Waals surface area contributed by atoms with E-state index in [1.54, 1.807) is 0 Å². The highest BCUT2D eigenvalue weighted by Crippen LogP contribution is 2.28. The molecule has 120 valence electrons. The van der Waals surface area contributed by atoms with Crippen molar-refractivity contribution in [3.8, 4) is 5.75 Å². The van der Waals surface area contributed by atoms with Crippen LogP contribution >= 0.6 is 0 Å². The van der Waals surface area contributed by atoms with Gasteiger partial charge in [-0.2, -0.15) is 0 Å². The van der Waals surface area contributed by atoms with Gasteiger partial charge in [0, 0.05) is 24.6 Å². The summed E-state index contributed by atoms with van der Waals surface area (Å²) in [6.07, 6.45) is 2.67. The van der Waals surface area contributed by atoms with Gasteiger partial charge in [-0.15, -0.1) is 0 Å². The fourth-order valence-electron chi connectivity index (χ4n) is 1.84. The topological polar surface area (TPSA) is 141 Å². The van der Waals surface area contributed by atoms with Crippen LogP contribution < -0.4 is 21.5 Å². The van der Waals surface area contributed by atoms with Crippen LogP contribution in [0.15, 0.2) is 36.7 Å². The van der Waals surface area contributed by atoms with Gasteiger partial charge in [0.15, 0.2) is 6.61 Å². The summed E-state index contributed by atoms with van der Waals surface area (Å²) < 4.78 is 5.18. The Kier molecular flexibility index (Phi) is 5.11. The number of ether oxygens (including phenoxy) is 1. The SMILES string of the molecule is NCc1ccc2c(c1)NC(=O)CO2.Nc1ccncc1C(=O)O. The van der Waals surface area contributed by atoms with E-state index >= 15 is 0 Å². The number of nitrogens with one attached hydrogen (secondary N) is 1. The highest BCUT2D eigenvalue weighted by Gasteiger charge is 2.15. The van der Waals surface area contributed by atoms with Gasteiger partial charge >= 0.3 is 5.97 Å². The molecule has 6 N–H and O–H groups in total. The van der Waals surface area contributed by atoms with Crippen molar-refractivity contribution in [2.45, 2.75) is 6.54 Å². The number of carboxylic acids is 1. The summed E-state index contributed by atoms with van der Waals surface area (Å²) in [4.78, 5) is 24.9. The van der Waals surface area contributed by atoms with Crippen LogP contribution in [0.25, 0.3) is 0 Å². The summed E-state index contributed by atoms with van der Waals surface area (Å²) in [6.45, 7) is 0.554. The van der Waals surface area contributed by atoms with Crippen molar-refractivity contribution < 1.29 is 19.4 Å². The minimum Gasteiger partial charge on any atom is -0.482 e. The van der Waals surface area contributed by atoms with E-state index in [0.29, 0.717) is 18.0 Å². The van der Waals surface area contributed by atoms with Crippen molar-refractivity contribution in [2.24, 2.45) is 5.73 Å². The predicted molar refractivity (Wildman–Crippen MR) is 84.1 cm³/mol. The van der Waals surface area contributed by atoms with Gasteiger partial charge in [-0.05, 0) is 23.8 Å². The van der Waals surface area contributed by atoms with Crippen molar-refractivity contribution in [2.75, 3.05) is 17.7 Å². The number of nitrogens with zero attached hydrogens (tertiary/aromatic N) is 1. The molecule has 8 nitrogen and oxygen atoms in total. The zero-order valence-corrected chi connectivity index (χ0v) is 12.2. The van der Waals surface area contributed by atoms with E-state index in [1.807, 2.05) is 18.2 Å². The molecule has 1 aliphatic heterocycles. The van der Waals surface area contributed by atoms with Crippen molar-refractivity contribution in [3.05, 3.63) is 47.8 Å². The minimum atomic E-state index is -1.05. The number of nitrogen functional groups attached to an aromatic ring is 1. The molecular formula is C15H16N4O4. The first-order valence-corrected chi connectivity index (χ1v) is 6.69. The third kappa shape index (κ3) is 4.17. The number of nitrogens with two attached hydrogens (primary N) is 2. The maximum absolute atomic E-state index is 11.0. The largest absolute Gasteiger partial charge is 0.482 e. The van der Waals surface area contributed by atoms with Gasteiger partial charge in [-0.25, -0.2) is 4.79 Å². The molecule has 0 unspecified atom stereocenters. The van der Waals surface area contributed by atoms with Crippen LogP contribution in [0.1, 0.15) is 15.9 Å². The van der Waals surface area contributed by atoms with E-state index in [-0.39, 0.29) is 23.8 Å². The smallest absolute Gasteiger partial charge is 0.339 e. The Morgan fingerprint density at radius 1 is 1.39 bits per heavy atom. The van der Waals surface area contributed by atoms with Gasteiger partial charge in [0.05, 0.1) is 5.69 Å². The molecule has 2 heterocycles. The zero-order valence-electron chi connectivity index (χ0n) is 12.2. The number of hydrogen-bond donors (Lipinski definition) is 4. The van der Waals surface area contributed by atoms with Crippen molar-refractivity contribution in [3.63, 3.8) is 0 Å². The summed E-state index contributed by atoms with van der Waals surface area (Å²) in [5, 5.41) is 11.2. The number of carboxylic acid groups (broad SMARTS) is 1. The van der Waals surface area contributed by atoms with Crippen LogP contribution in [0.2, 0.25) is 0 Å². The second-order valence-corrected chi connectivity index (χ2v) is 4.64. The molecular weight excluding hydrogens is 300 g/mol. The molecule has 0 fully saturated rings. The molecule has 1 amide bonds. The second kappa shape index (κ2) is 7.23. The molecule has 2 aromatic rings. The van der Waals surface area contributed by atoms with Gasteiger partial charge in [0.25, 0.3) is 5.91 Å². The summed E-state index contributed by atoms with van der Waals surface area (Å²) in [7, 11) is 0. The minimum absolute atomic E-state index is 0.0440. The summed E-state index contributed by atoms with van der Waals surface area (Å²) in [5.74, 6) is -0.468. The van der Waals surface area contributed by atoms with Gasteiger partial charge in [0.1, 0.15) is 11.3 Å². The monoisotopic (exact) mass is 316 g/mol. The maximum atomic E-state index is 11.0. The van der Waals surface area contributed by atoms with E-state index in [2.05, 4.69) is 10.3 Å². The van der Waals surface area contributed by atoms with E-state index in [4.69, 9.17) is 21.3 Å². The molecule has 1 aromatic heterocycles. The van der Waals surface area contributed by atoms with Crippen LogP contribution in [-0.2, 0) is 11.3 Å². The van der Waals surface area contributed by atoms with Gasteiger partial charge in [-0.3, -0.25) is 9.78 Å². The van der Waals surface area contributed by atoms with E-state index in [1.165, 1.54) is 18.5 Å². The molecule has 0 saturated carbocycles.